The van der Waals surface area contributed by atoms with Crippen LogP contribution in [0.25, 0.3) is 0 Å². The van der Waals surface area contributed by atoms with Crippen molar-refractivity contribution in [2.45, 2.75) is 19.3 Å². The van der Waals surface area contributed by atoms with Gasteiger partial charge in [0, 0.05) is 30.8 Å². The molecule has 28 heavy (non-hydrogen) atoms. The number of benzene rings is 2. The molecule has 1 fully saturated rings. The topological polar surface area (TPSA) is 101 Å². The van der Waals surface area contributed by atoms with Crippen molar-refractivity contribution in [1.82, 2.24) is 4.90 Å². The van der Waals surface area contributed by atoms with Crippen molar-refractivity contribution in [1.29, 1.82) is 0 Å². The number of halogens is 1. The van der Waals surface area contributed by atoms with Crippen LogP contribution in [-0.4, -0.2) is 39.9 Å². The second-order valence-corrected chi connectivity index (χ2v) is 6.90. The third-order valence-corrected chi connectivity index (χ3v) is 4.94. The molecule has 0 atom stereocenters. The molecule has 0 aromatic heterocycles. The van der Waals surface area contributed by atoms with E-state index < -0.39 is 22.5 Å². The first-order valence-electron chi connectivity index (χ1n) is 8.90. The summed E-state index contributed by atoms with van der Waals surface area (Å²) in [5.74, 6) is -1.71. The zero-order chi connectivity index (χ0) is 20.3. The van der Waals surface area contributed by atoms with E-state index in [0.717, 1.165) is 43.0 Å². The van der Waals surface area contributed by atoms with Crippen molar-refractivity contribution in [2.75, 3.05) is 13.1 Å². The average molecular weight is 386 g/mol. The largest absolute Gasteiger partial charge is 0.478 e. The highest BCUT2D eigenvalue weighted by Crippen LogP contribution is 2.25. The second-order valence-electron chi connectivity index (χ2n) is 6.90. The standard InChI is InChI=1S/C20H19FN2O5/c21-17-3-1-2-14(9-17)8-13-4-6-22(7-5-13)19(24)15-10-16(20(25)26)12-18(11-15)23(27)28/h1-3,9-13H,4-8H2,(H,25,26). The molecule has 1 aliphatic heterocycles. The number of hydrogen-bond donors (Lipinski definition) is 1. The van der Waals surface area contributed by atoms with Gasteiger partial charge in [0.2, 0.25) is 0 Å². The molecule has 0 unspecified atom stereocenters. The lowest BCUT2D eigenvalue weighted by Crippen LogP contribution is -2.39. The molecular formula is C20H19FN2O5. The van der Waals surface area contributed by atoms with Gasteiger partial charge in [0.15, 0.2) is 0 Å². The van der Waals surface area contributed by atoms with E-state index in [1.165, 1.54) is 12.1 Å². The lowest BCUT2D eigenvalue weighted by Gasteiger charge is -2.32. The number of piperidine rings is 1. The van der Waals surface area contributed by atoms with Crippen molar-refractivity contribution in [3.63, 3.8) is 0 Å². The molecule has 0 spiro atoms. The van der Waals surface area contributed by atoms with Crippen LogP contribution >= 0.6 is 0 Å². The van der Waals surface area contributed by atoms with E-state index in [-0.39, 0.29) is 16.9 Å². The Bertz CT molecular complexity index is 890. The molecule has 2 aromatic rings. The predicted molar refractivity (Wildman–Crippen MR) is 98.8 cm³/mol. The minimum Gasteiger partial charge on any atom is -0.478 e. The van der Waals surface area contributed by atoms with Crippen LogP contribution in [0.1, 0.15) is 39.1 Å². The van der Waals surface area contributed by atoms with Crippen LogP contribution in [0, 0.1) is 21.8 Å². The molecule has 0 saturated carbocycles. The zero-order valence-electron chi connectivity index (χ0n) is 15.0. The van der Waals surface area contributed by atoms with Gasteiger partial charge in [0.1, 0.15) is 5.82 Å². The predicted octanol–water partition coefficient (Wildman–Crippen LogP) is 3.53. The van der Waals surface area contributed by atoms with Gasteiger partial charge < -0.3 is 10.0 Å². The molecule has 3 rings (SSSR count). The van der Waals surface area contributed by atoms with Gasteiger partial charge in [0.25, 0.3) is 11.6 Å². The van der Waals surface area contributed by atoms with Crippen LogP contribution < -0.4 is 0 Å². The van der Waals surface area contributed by atoms with E-state index in [1.807, 2.05) is 6.07 Å². The Morgan fingerprint density at radius 2 is 1.82 bits per heavy atom. The van der Waals surface area contributed by atoms with Crippen LogP contribution in [-0.2, 0) is 6.42 Å². The number of likely N-dealkylation sites (tertiary alicyclic amines) is 1. The number of nitrogens with zero attached hydrogens (tertiary/aromatic N) is 2. The number of amides is 1. The fraction of sp³-hybridized carbons (Fsp3) is 0.300. The molecule has 8 heteroatoms. The van der Waals surface area contributed by atoms with Gasteiger partial charge in [-0.1, -0.05) is 12.1 Å². The number of carboxylic acids is 1. The van der Waals surface area contributed by atoms with Gasteiger partial charge in [-0.3, -0.25) is 14.9 Å². The van der Waals surface area contributed by atoms with Crippen LogP contribution in [0.3, 0.4) is 0 Å². The average Bonchev–Trinajstić information content (AvgIpc) is 2.67. The summed E-state index contributed by atoms with van der Waals surface area (Å²) >= 11 is 0. The molecule has 1 heterocycles. The maximum absolute atomic E-state index is 13.3. The van der Waals surface area contributed by atoms with E-state index in [2.05, 4.69) is 0 Å². The number of non-ortho nitro benzene ring substituents is 1. The highest BCUT2D eigenvalue weighted by Gasteiger charge is 2.26. The Labute approximate surface area is 160 Å². The summed E-state index contributed by atoms with van der Waals surface area (Å²) in [6.45, 7) is 0.924. The van der Waals surface area contributed by atoms with Crippen molar-refractivity contribution in [3.05, 3.63) is 75.1 Å². The molecule has 1 aliphatic rings. The lowest BCUT2D eigenvalue weighted by atomic mass is 9.90. The highest BCUT2D eigenvalue weighted by atomic mass is 19.1. The number of carbonyl (C=O) groups excluding carboxylic acids is 1. The first-order chi connectivity index (χ1) is 13.3. The number of rotatable bonds is 5. The van der Waals surface area contributed by atoms with Gasteiger partial charge in [-0.05, 0) is 48.9 Å². The van der Waals surface area contributed by atoms with Crippen LogP contribution in [0.15, 0.2) is 42.5 Å². The summed E-state index contributed by atoms with van der Waals surface area (Å²) < 4.78 is 13.3. The van der Waals surface area contributed by atoms with Gasteiger partial charge in [0.05, 0.1) is 10.5 Å². The number of nitro groups is 1. The van der Waals surface area contributed by atoms with E-state index in [4.69, 9.17) is 5.11 Å². The van der Waals surface area contributed by atoms with E-state index in [0.29, 0.717) is 19.0 Å². The van der Waals surface area contributed by atoms with E-state index >= 15 is 0 Å². The van der Waals surface area contributed by atoms with Gasteiger partial charge in [-0.25, -0.2) is 9.18 Å². The van der Waals surface area contributed by atoms with Crippen LogP contribution in [0.4, 0.5) is 10.1 Å². The number of nitro benzene ring substituents is 1. The normalized spacial score (nSPS) is 14.7. The summed E-state index contributed by atoms with van der Waals surface area (Å²) in [6, 6.07) is 9.65. The first-order valence-corrected chi connectivity index (χ1v) is 8.90. The Kier molecular flexibility index (Phi) is 5.67. The second kappa shape index (κ2) is 8.16. The Hall–Kier alpha value is -3.29. The number of carboxylic acid groups (broad SMARTS) is 1. The Morgan fingerprint density at radius 1 is 1.14 bits per heavy atom. The zero-order valence-corrected chi connectivity index (χ0v) is 15.0. The van der Waals surface area contributed by atoms with Crippen molar-refractivity contribution < 1.29 is 24.0 Å². The maximum atomic E-state index is 13.3. The summed E-state index contributed by atoms with van der Waals surface area (Å²) in [5, 5.41) is 20.2. The summed E-state index contributed by atoms with van der Waals surface area (Å²) in [4.78, 5) is 35.8. The van der Waals surface area contributed by atoms with Gasteiger partial charge in [-0.2, -0.15) is 0 Å². The number of aromatic carboxylic acids is 1. The summed E-state index contributed by atoms with van der Waals surface area (Å²) in [6.07, 6.45) is 2.17. The van der Waals surface area contributed by atoms with Gasteiger partial charge >= 0.3 is 5.97 Å². The fourth-order valence-corrected chi connectivity index (χ4v) is 3.48. The molecule has 0 aliphatic carbocycles. The number of hydrogen-bond acceptors (Lipinski definition) is 4. The van der Waals surface area contributed by atoms with E-state index in [9.17, 15) is 24.1 Å². The third-order valence-electron chi connectivity index (χ3n) is 4.94. The van der Waals surface area contributed by atoms with Gasteiger partial charge in [-0.15, -0.1) is 0 Å². The van der Waals surface area contributed by atoms with Crippen LogP contribution in [0.2, 0.25) is 0 Å². The van der Waals surface area contributed by atoms with Crippen molar-refractivity contribution in [2.24, 2.45) is 5.92 Å². The molecule has 7 nitrogen and oxygen atoms in total. The van der Waals surface area contributed by atoms with Crippen molar-refractivity contribution >= 4 is 17.6 Å². The molecule has 1 amide bonds. The van der Waals surface area contributed by atoms with Crippen molar-refractivity contribution in [3.8, 4) is 0 Å². The SMILES string of the molecule is O=C(O)c1cc(C(=O)N2CCC(Cc3cccc(F)c3)CC2)cc([N+](=O)[O-])c1. The molecule has 146 valence electrons. The van der Waals surface area contributed by atoms with E-state index in [1.54, 1.807) is 11.0 Å². The number of carbonyl (C=O) groups is 2. The summed E-state index contributed by atoms with van der Waals surface area (Å²) in [7, 11) is 0. The quantitative estimate of drug-likeness (QED) is 0.626. The molecule has 0 bridgehead atoms. The highest BCUT2D eigenvalue weighted by molar-refractivity contribution is 5.98. The fourth-order valence-electron chi connectivity index (χ4n) is 3.48. The lowest BCUT2D eigenvalue weighted by molar-refractivity contribution is -0.384. The first kappa shape index (κ1) is 19.5. The smallest absolute Gasteiger partial charge is 0.335 e. The van der Waals surface area contributed by atoms with Crippen LogP contribution in [0.5, 0.6) is 0 Å². The molecular weight excluding hydrogens is 367 g/mol. The molecule has 0 radical (unpaired) electrons. The minimum absolute atomic E-state index is 0.00446. The molecule has 1 saturated heterocycles. The Balaban J connectivity index is 1.68. The Morgan fingerprint density at radius 3 is 2.43 bits per heavy atom. The molecule has 1 N–H and O–H groups in total. The molecule has 2 aromatic carbocycles. The monoisotopic (exact) mass is 386 g/mol. The maximum Gasteiger partial charge on any atom is 0.335 e. The summed E-state index contributed by atoms with van der Waals surface area (Å²) in [5.41, 5.74) is 0.188. The third kappa shape index (κ3) is 4.51. The minimum atomic E-state index is -1.33.